The molecule has 1 aliphatic rings. The van der Waals surface area contributed by atoms with Crippen molar-refractivity contribution in [2.24, 2.45) is 11.3 Å². The molecule has 0 saturated carbocycles. The Kier molecular flexibility index (Phi) is 2.20. The zero-order chi connectivity index (χ0) is 10.2. The fourth-order valence-corrected chi connectivity index (χ4v) is 1.35. The van der Waals surface area contributed by atoms with Crippen molar-refractivity contribution in [3.05, 3.63) is 12.2 Å². The maximum atomic E-state index is 11.2. The van der Waals surface area contributed by atoms with Gasteiger partial charge >= 0.3 is 0 Å². The number of nitrogens with one attached hydrogen (secondary N) is 1. The van der Waals surface area contributed by atoms with Crippen LogP contribution in [0.3, 0.4) is 0 Å². The maximum absolute atomic E-state index is 11.2. The van der Waals surface area contributed by atoms with Crippen LogP contribution in [0.25, 0.3) is 0 Å². The first-order valence-corrected chi connectivity index (χ1v) is 4.19. The number of Topliss-reactive ketones (excluding diaryl/α,β-unsaturated/α-hetero) is 1. The van der Waals surface area contributed by atoms with E-state index in [1.54, 1.807) is 6.08 Å². The highest BCUT2D eigenvalue weighted by Gasteiger charge is 2.35. The van der Waals surface area contributed by atoms with Gasteiger partial charge in [0.05, 0.1) is 5.71 Å². The van der Waals surface area contributed by atoms with Crippen LogP contribution in [0.15, 0.2) is 12.2 Å². The Morgan fingerprint density at radius 1 is 1.31 bits per heavy atom. The molecular weight excluding hydrogens is 166 g/mol. The van der Waals surface area contributed by atoms with Crippen LogP contribution in [0, 0.1) is 16.7 Å². The highest BCUT2D eigenvalue weighted by molar-refractivity contribution is 6.68. The van der Waals surface area contributed by atoms with E-state index >= 15 is 0 Å². The van der Waals surface area contributed by atoms with Gasteiger partial charge in [-0.05, 0) is 11.5 Å². The third-order valence-corrected chi connectivity index (χ3v) is 2.15. The minimum atomic E-state index is -0.664. The zero-order valence-corrected chi connectivity index (χ0v) is 8.05. The third kappa shape index (κ3) is 1.74. The van der Waals surface area contributed by atoms with Crippen LogP contribution in [-0.2, 0) is 9.59 Å². The topological polar surface area (TPSA) is 58.0 Å². The molecule has 70 valence electrons. The van der Waals surface area contributed by atoms with E-state index in [-0.39, 0.29) is 17.0 Å². The molecule has 0 saturated heterocycles. The van der Waals surface area contributed by atoms with Crippen molar-refractivity contribution >= 4 is 17.3 Å². The first-order chi connectivity index (χ1) is 5.84. The molecule has 1 atom stereocenters. The van der Waals surface area contributed by atoms with Gasteiger partial charge in [0, 0.05) is 5.92 Å². The molecule has 0 aromatic carbocycles. The fraction of sp³-hybridized carbons (Fsp3) is 0.500. The quantitative estimate of drug-likeness (QED) is 0.571. The second-order valence-electron chi connectivity index (χ2n) is 4.31. The lowest BCUT2D eigenvalue weighted by Crippen LogP contribution is -2.38. The molecule has 0 amide bonds. The Labute approximate surface area is 77.3 Å². The average molecular weight is 179 g/mol. The molecule has 0 spiro atoms. The number of carbonyl (C=O) groups is 2. The Morgan fingerprint density at radius 2 is 1.85 bits per heavy atom. The largest absolute Gasteiger partial charge is 0.300 e. The first-order valence-electron chi connectivity index (χ1n) is 4.19. The molecule has 1 N–H and O–H groups in total. The zero-order valence-electron chi connectivity index (χ0n) is 8.05. The number of allylic oxidation sites excluding steroid dienone is 2. The van der Waals surface area contributed by atoms with E-state index in [9.17, 15) is 9.59 Å². The molecule has 0 fully saturated rings. The molecule has 13 heavy (non-hydrogen) atoms. The molecule has 1 aliphatic carbocycles. The average Bonchev–Trinajstić information content (AvgIpc) is 1.98. The molecule has 0 aromatic heterocycles. The van der Waals surface area contributed by atoms with Crippen LogP contribution in [0.5, 0.6) is 0 Å². The van der Waals surface area contributed by atoms with Crippen molar-refractivity contribution in [2.45, 2.75) is 20.8 Å². The van der Waals surface area contributed by atoms with Crippen LogP contribution in [-0.4, -0.2) is 17.3 Å². The lowest BCUT2D eigenvalue weighted by Gasteiger charge is -2.29. The fourth-order valence-electron chi connectivity index (χ4n) is 1.35. The van der Waals surface area contributed by atoms with Crippen LogP contribution >= 0.6 is 0 Å². The van der Waals surface area contributed by atoms with Gasteiger partial charge in [-0.2, -0.15) is 0 Å². The van der Waals surface area contributed by atoms with Crippen molar-refractivity contribution in [2.75, 3.05) is 0 Å². The summed E-state index contributed by atoms with van der Waals surface area (Å²) in [5.41, 5.74) is -0.260. The summed E-state index contributed by atoms with van der Waals surface area (Å²) < 4.78 is 0. The highest BCUT2D eigenvalue weighted by Crippen LogP contribution is 2.30. The van der Waals surface area contributed by atoms with Crippen LogP contribution < -0.4 is 0 Å². The van der Waals surface area contributed by atoms with Crippen LogP contribution in [0.4, 0.5) is 0 Å². The van der Waals surface area contributed by atoms with Crippen molar-refractivity contribution in [1.29, 1.82) is 5.41 Å². The van der Waals surface area contributed by atoms with E-state index in [0.717, 1.165) is 0 Å². The van der Waals surface area contributed by atoms with E-state index in [1.807, 2.05) is 20.8 Å². The summed E-state index contributed by atoms with van der Waals surface area (Å²) in [4.78, 5) is 22.1. The molecule has 0 aromatic rings. The van der Waals surface area contributed by atoms with E-state index in [0.29, 0.717) is 0 Å². The van der Waals surface area contributed by atoms with Crippen molar-refractivity contribution in [3.63, 3.8) is 0 Å². The van der Waals surface area contributed by atoms with Crippen molar-refractivity contribution < 1.29 is 9.59 Å². The lowest BCUT2D eigenvalue weighted by molar-refractivity contribution is -0.130. The van der Waals surface area contributed by atoms with E-state index in [1.165, 1.54) is 6.08 Å². The summed E-state index contributed by atoms with van der Waals surface area (Å²) in [7, 11) is 0. The standard InChI is InChI=1S/C10H13NO2/c1-10(2,3)6-4-5-7(12)9(13)8(6)11/h4-6,11H,1-3H3. The minimum absolute atomic E-state index is 0.0833. The molecular formula is C10H13NO2. The Bertz CT molecular complexity index is 307. The predicted octanol–water partition coefficient (Wildman–Crippen LogP) is 1.38. The lowest BCUT2D eigenvalue weighted by atomic mass is 9.74. The van der Waals surface area contributed by atoms with Crippen LogP contribution in [0.1, 0.15) is 20.8 Å². The van der Waals surface area contributed by atoms with Gasteiger partial charge < -0.3 is 5.41 Å². The summed E-state index contributed by atoms with van der Waals surface area (Å²) in [6.07, 6.45) is 2.92. The second kappa shape index (κ2) is 2.91. The normalized spacial score (nSPS) is 23.9. The summed E-state index contributed by atoms with van der Waals surface area (Å²) >= 11 is 0. The third-order valence-electron chi connectivity index (χ3n) is 2.15. The predicted molar refractivity (Wildman–Crippen MR) is 49.8 cm³/mol. The molecule has 3 heteroatoms. The smallest absolute Gasteiger partial charge is 0.246 e. The van der Waals surface area contributed by atoms with Crippen LogP contribution in [0.2, 0.25) is 0 Å². The molecule has 0 heterocycles. The number of hydrogen-bond donors (Lipinski definition) is 1. The van der Waals surface area contributed by atoms with Gasteiger partial charge in [-0.3, -0.25) is 9.59 Å². The first kappa shape index (κ1) is 9.84. The Hall–Kier alpha value is -1.25. The van der Waals surface area contributed by atoms with Gasteiger partial charge in [0.15, 0.2) is 0 Å². The molecule has 0 aliphatic heterocycles. The van der Waals surface area contributed by atoms with Gasteiger partial charge in [-0.25, -0.2) is 0 Å². The summed E-state index contributed by atoms with van der Waals surface area (Å²) in [6, 6.07) is 0. The van der Waals surface area contributed by atoms with Gasteiger partial charge in [-0.15, -0.1) is 0 Å². The van der Waals surface area contributed by atoms with Gasteiger partial charge in [0.2, 0.25) is 11.6 Å². The summed E-state index contributed by atoms with van der Waals surface area (Å²) in [5, 5.41) is 7.52. The van der Waals surface area contributed by atoms with E-state index in [4.69, 9.17) is 5.41 Å². The van der Waals surface area contributed by atoms with E-state index in [2.05, 4.69) is 0 Å². The molecule has 3 nitrogen and oxygen atoms in total. The SMILES string of the molecule is CC(C)(C)C1C=CC(=O)C(=O)C1=N. The van der Waals surface area contributed by atoms with Gasteiger partial charge in [0.25, 0.3) is 0 Å². The van der Waals surface area contributed by atoms with E-state index < -0.39 is 11.6 Å². The Morgan fingerprint density at radius 3 is 2.31 bits per heavy atom. The number of carbonyl (C=O) groups excluding carboxylic acids is 2. The molecule has 1 unspecified atom stereocenters. The molecule has 1 rings (SSSR count). The summed E-state index contributed by atoms with van der Waals surface area (Å²) in [6.45, 7) is 5.83. The highest BCUT2D eigenvalue weighted by atomic mass is 16.2. The maximum Gasteiger partial charge on any atom is 0.246 e. The molecule has 0 radical (unpaired) electrons. The number of rotatable bonds is 0. The van der Waals surface area contributed by atoms with Gasteiger partial charge in [-0.1, -0.05) is 26.8 Å². The second-order valence-corrected chi connectivity index (χ2v) is 4.31. The van der Waals surface area contributed by atoms with Gasteiger partial charge in [0.1, 0.15) is 0 Å². The van der Waals surface area contributed by atoms with Crippen molar-refractivity contribution in [1.82, 2.24) is 0 Å². The summed E-state index contributed by atoms with van der Waals surface area (Å²) in [5.74, 6) is -1.48. The Balaban J connectivity index is 3.05. The molecule has 0 bridgehead atoms. The minimum Gasteiger partial charge on any atom is -0.300 e. The number of hydrogen-bond acceptors (Lipinski definition) is 3. The van der Waals surface area contributed by atoms with Crippen molar-refractivity contribution in [3.8, 4) is 0 Å². The number of ketones is 2. The monoisotopic (exact) mass is 179 g/mol.